The van der Waals surface area contributed by atoms with Crippen LogP contribution in [-0.4, -0.2) is 21.5 Å². The second kappa shape index (κ2) is 6.66. The van der Waals surface area contributed by atoms with Crippen molar-refractivity contribution in [3.8, 4) is 0 Å². The molecule has 0 saturated heterocycles. The summed E-state index contributed by atoms with van der Waals surface area (Å²) < 4.78 is 32.4. The van der Waals surface area contributed by atoms with Gasteiger partial charge in [0.1, 0.15) is 0 Å². The number of hydrogen-bond acceptors (Lipinski definition) is 4. The molecule has 0 aliphatic carbocycles. The first-order valence-corrected chi connectivity index (χ1v) is 8.87. The van der Waals surface area contributed by atoms with E-state index in [1.165, 1.54) is 19.2 Å². The monoisotopic (exact) mass is 431 g/mol. The van der Waals surface area contributed by atoms with Crippen molar-refractivity contribution in [2.75, 3.05) is 11.8 Å². The van der Waals surface area contributed by atoms with Gasteiger partial charge in [0, 0.05) is 0 Å². The van der Waals surface area contributed by atoms with Gasteiger partial charge in [-0.3, -0.25) is 4.72 Å². The lowest BCUT2D eigenvalue weighted by molar-refractivity contribution is 0.0599. The molecule has 0 unspecified atom stereocenters. The molecular formula is C15H14INO4S. The summed E-state index contributed by atoms with van der Waals surface area (Å²) in [7, 11) is -2.43. The second-order valence-electron chi connectivity index (χ2n) is 4.58. The SMILES string of the molecule is COC(=O)c1cccc(NS(=O)(=O)c2ccc(C)cc2)c1I. The fourth-order valence-electron chi connectivity index (χ4n) is 1.80. The Balaban J connectivity index is 2.38. The fraction of sp³-hybridized carbons (Fsp3) is 0.133. The van der Waals surface area contributed by atoms with Crippen molar-refractivity contribution in [3.63, 3.8) is 0 Å². The average Bonchev–Trinajstić information content (AvgIpc) is 2.49. The zero-order chi connectivity index (χ0) is 16.3. The van der Waals surface area contributed by atoms with Crippen LogP contribution in [0, 0.1) is 10.5 Å². The maximum absolute atomic E-state index is 12.4. The van der Waals surface area contributed by atoms with Crippen LogP contribution in [0.1, 0.15) is 15.9 Å². The number of sulfonamides is 1. The van der Waals surface area contributed by atoms with Gasteiger partial charge in [0.05, 0.1) is 26.8 Å². The van der Waals surface area contributed by atoms with E-state index >= 15 is 0 Å². The minimum atomic E-state index is -3.71. The van der Waals surface area contributed by atoms with Crippen LogP contribution in [0.3, 0.4) is 0 Å². The highest BCUT2D eigenvalue weighted by Gasteiger charge is 2.18. The molecule has 2 rings (SSSR count). The largest absolute Gasteiger partial charge is 0.465 e. The van der Waals surface area contributed by atoms with E-state index < -0.39 is 16.0 Å². The van der Waals surface area contributed by atoms with Crippen molar-refractivity contribution < 1.29 is 17.9 Å². The van der Waals surface area contributed by atoms with Crippen LogP contribution in [0.5, 0.6) is 0 Å². The van der Waals surface area contributed by atoms with E-state index in [2.05, 4.69) is 9.46 Å². The topological polar surface area (TPSA) is 72.5 Å². The van der Waals surface area contributed by atoms with Crippen LogP contribution < -0.4 is 4.72 Å². The summed E-state index contributed by atoms with van der Waals surface area (Å²) in [5.74, 6) is -0.513. The van der Waals surface area contributed by atoms with Crippen molar-refractivity contribution in [2.45, 2.75) is 11.8 Å². The summed E-state index contributed by atoms with van der Waals surface area (Å²) >= 11 is 1.92. The zero-order valence-electron chi connectivity index (χ0n) is 12.0. The van der Waals surface area contributed by atoms with E-state index in [0.29, 0.717) is 14.8 Å². The number of rotatable bonds is 4. The number of anilines is 1. The van der Waals surface area contributed by atoms with Crippen LogP contribution in [0.4, 0.5) is 5.69 Å². The predicted molar refractivity (Wildman–Crippen MR) is 92.5 cm³/mol. The first kappa shape index (κ1) is 16.8. The molecule has 5 nitrogen and oxygen atoms in total. The molecule has 0 spiro atoms. The summed E-state index contributed by atoms with van der Waals surface area (Å²) in [6.07, 6.45) is 0. The first-order chi connectivity index (χ1) is 10.3. The van der Waals surface area contributed by atoms with Crippen LogP contribution >= 0.6 is 22.6 Å². The summed E-state index contributed by atoms with van der Waals surface area (Å²) in [5.41, 5.74) is 1.62. The fourth-order valence-corrected chi connectivity index (χ4v) is 3.77. The third-order valence-corrected chi connectivity index (χ3v) is 5.52. The van der Waals surface area contributed by atoms with Gasteiger partial charge in [0.25, 0.3) is 10.0 Å². The molecule has 116 valence electrons. The molecule has 0 aliphatic heterocycles. The van der Waals surface area contributed by atoms with Gasteiger partial charge in [-0.05, 0) is 53.8 Å². The quantitative estimate of drug-likeness (QED) is 0.597. The molecule has 0 amide bonds. The maximum Gasteiger partial charge on any atom is 0.339 e. The van der Waals surface area contributed by atoms with Gasteiger partial charge >= 0.3 is 5.97 Å². The highest BCUT2D eigenvalue weighted by molar-refractivity contribution is 14.1. The van der Waals surface area contributed by atoms with Gasteiger partial charge in [-0.2, -0.15) is 0 Å². The van der Waals surface area contributed by atoms with E-state index in [1.807, 2.05) is 29.5 Å². The minimum absolute atomic E-state index is 0.164. The number of ether oxygens (including phenoxy) is 1. The molecular weight excluding hydrogens is 417 g/mol. The Bertz CT molecular complexity index is 801. The van der Waals surface area contributed by atoms with Gasteiger partial charge in [0.15, 0.2) is 0 Å². The summed E-state index contributed by atoms with van der Waals surface area (Å²) in [6, 6.07) is 11.3. The molecule has 0 atom stereocenters. The Kier molecular flexibility index (Phi) is 5.07. The lowest BCUT2D eigenvalue weighted by Gasteiger charge is -2.12. The highest BCUT2D eigenvalue weighted by Crippen LogP contribution is 2.25. The number of carbonyl (C=O) groups is 1. The van der Waals surface area contributed by atoms with Gasteiger partial charge in [-0.25, -0.2) is 13.2 Å². The number of methoxy groups -OCH3 is 1. The van der Waals surface area contributed by atoms with E-state index in [9.17, 15) is 13.2 Å². The number of esters is 1. The van der Waals surface area contributed by atoms with Crippen LogP contribution in [0.15, 0.2) is 47.4 Å². The summed E-state index contributed by atoms with van der Waals surface area (Å²) in [6.45, 7) is 1.88. The molecule has 0 bridgehead atoms. The maximum atomic E-state index is 12.4. The molecule has 1 N–H and O–H groups in total. The molecule has 2 aromatic carbocycles. The Hall–Kier alpha value is -1.61. The second-order valence-corrected chi connectivity index (χ2v) is 7.34. The van der Waals surface area contributed by atoms with Crippen molar-refractivity contribution in [1.82, 2.24) is 0 Å². The van der Waals surface area contributed by atoms with Crippen molar-refractivity contribution in [2.24, 2.45) is 0 Å². The van der Waals surface area contributed by atoms with Crippen LogP contribution in [0.25, 0.3) is 0 Å². The Labute approximate surface area is 142 Å². The van der Waals surface area contributed by atoms with Crippen molar-refractivity contribution >= 4 is 44.3 Å². The molecule has 0 saturated carbocycles. The van der Waals surface area contributed by atoms with Crippen LogP contribution in [-0.2, 0) is 14.8 Å². The van der Waals surface area contributed by atoms with E-state index in [4.69, 9.17) is 0 Å². The molecule has 7 heteroatoms. The normalized spacial score (nSPS) is 11.0. The van der Waals surface area contributed by atoms with E-state index in [1.54, 1.807) is 30.3 Å². The lowest BCUT2D eigenvalue weighted by atomic mass is 10.2. The van der Waals surface area contributed by atoms with Crippen molar-refractivity contribution in [1.29, 1.82) is 0 Å². The van der Waals surface area contributed by atoms with E-state index in [-0.39, 0.29) is 4.90 Å². The van der Waals surface area contributed by atoms with Gasteiger partial charge in [-0.15, -0.1) is 0 Å². The summed E-state index contributed by atoms with van der Waals surface area (Å²) in [5, 5.41) is 0. The number of benzene rings is 2. The number of halogens is 1. The summed E-state index contributed by atoms with van der Waals surface area (Å²) in [4.78, 5) is 11.8. The van der Waals surface area contributed by atoms with Gasteiger partial charge < -0.3 is 4.74 Å². The molecule has 0 radical (unpaired) electrons. The molecule has 0 heterocycles. The van der Waals surface area contributed by atoms with Gasteiger partial charge in [0.2, 0.25) is 0 Å². The van der Waals surface area contributed by atoms with Crippen LogP contribution in [0.2, 0.25) is 0 Å². The lowest BCUT2D eigenvalue weighted by Crippen LogP contribution is -2.15. The standard InChI is InChI=1S/C15H14INO4S/c1-10-6-8-11(9-7-10)22(19,20)17-13-5-3-4-12(14(13)16)15(18)21-2/h3-9,17H,1-2H3. The average molecular weight is 431 g/mol. The number of nitrogens with one attached hydrogen (secondary N) is 1. The molecule has 2 aromatic rings. The van der Waals surface area contributed by atoms with E-state index in [0.717, 1.165) is 5.56 Å². The van der Waals surface area contributed by atoms with Gasteiger partial charge in [-0.1, -0.05) is 23.8 Å². The van der Waals surface area contributed by atoms with Crippen molar-refractivity contribution in [3.05, 3.63) is 57.2 Å². The molecule has 0 aromatic heterocycles. The Morgan fingerprint density at radius 1 is 1.14 bits per heavy atom. The zero-order valence-corrected chi connectivity index (χ0v) is 14.9. The third-order valence-electron chi connectivity index (χ3n) is 2.98. The molecule has 0 aliphatic rings. The smallest absolute Gasteiger partial charge is 0.339 e. The molecule has 22 heavy (non-hydrogen) atoms. The minimum Gasteiger partial charge on any atom is -0.465 e. The highest BCUT2D eigenvalue weighted by atomic mass is 127. The molecule has 0 fully saturated rings. The predicted octanol–water partition coefficient (Wildman–Crippen LogP) is 3.19. The Morgan fingerprint density at radius 2 is 1.77 bits per heavy atom. The number of carbonyl (C=O) groups excluding carboxylic acids is 1. The first-order valence-electron chi connectivity index (χ1n) is 6.31. The Morgan fingerprint density at radius 3 is 2.36 bits per heavy atom. The number of hydrogen-bond donors (Lipinski definition) is 1. The third kappa shape index (κ3) is 3.58. The number of aryl methyl sites for hydroxylation is 1.